The lowest BCUT2D eigenvalue weighted by Crippen LogP contribution is -2.45. The Bertz CT molecular complexity index is 1430. The van der Waals surface area contributed by atoms with Crippen LogP contribution in [-0.2, 0) is 11.3 Å². The SMILES string of the molecule is O=C(Cn1c2ccccc2c2nc3ccccc3nc21)NNC(=S)Nc1ccccc1. The van der Waals surface area contributed by atoms with Crippen molar-refractivity contribution in [1.82, 2.24) is 25.4 Å². The van der Waals surface area contributed by atoms with Gasteiger partial charge in [0.15, 0.2) is 10.8 Å². The first-order chi connectivity index (χ1) is 15.2. The molecule has 5 rings (SSSR count). The summed E-state index contributed by atoms with van der Waals surface area (Å²) in [7, 11) is 0. The third-order valence-electron chi connectivity index (χ3n) is 4.91. The number of hydrogen-bond acceptors (Lipinski definition) is 4. The van der Waals surface area contributed by atoms with Crippen LogP contribution in [0.3, 0.4) is 0 Å². The van der Waals surface area contributed by atoms with Crippen molar-refractivity contribution < 1.29 is 4.79 Å². The van der Waals surface area contributed by atoms with Gasteiger partial charge >= 0.3 is 0 Å². The number of benzene rings is 3. The van der Waals surface area contributed by atoms with Crippen LogP contribution in [0.15, 0.2) is 78.9 Å². The van der Waals surface area contributed by atoms with Crippen molar-refractivity contribution in [1.29, 1.82) is 0 Å². The minimum absolute atomic E-state index is 0.0674. The van der Waals surface area contributed by atoms with E-state index < -0.39 is 0 Å². The van der Waals surface area contributed by atoms with Gasteiger partial charge in [-0.15, -0.1) is 0 Å². The summed E-state index contributed by atoms with van der Waals surface area (Å²) in [4.78, 5) is 22.3. The largest absolute Gasteiger partial charge is 0.331 e. The molecule has 7 nitrogen and oxygen atoms in total. The molecule has 0 spiro atoms. The van der Waals surface area contributed by atoms with Crippen molar-refractivity contribution in [3.63, 3.8) is 0 Å². The number of carbonyl (C=O) groups is 1. The van der Waals surface area contributed by atoms with Crippen LogP contribution in [0.25, 0.3) is 33.1 Å². The first-order valence-corrected chi connectivity index (χ1v) is 10.1. The molecule has 2 aromatic heterocycles. The van der Waals surface area contributed by atoms with Gasteiger partial charge in [-0.1, -0.05) is 48.5 Å². The lowest BCUT2D eigenvalue weighted by molar-refractivity contribution is -0.122. The third-order valence-corrected chi connectivity index (χ3v) is 5.11. The molecule has 3 aromatic carbocycles. The summed E-state index contributed by atoms with van der Waals surface area (Å²) in [6, 6.07) is 25.1. The third kappa shape index (κ3) is 3.76. The summed E-state index contributed by atoms with van der Waals surface area (Å²) >= 11 is 5.24. The second-order valence-electron chi connectivity index (χ2n) is 6.98. The number of hydrogen-bond donors (Lipinski definition) is 3. The topological polar surface area (TPSA) is 83.9 Å². The molecule has 0 unspecified atom stereocenters. The van der Waals surface area contributed by atoms with Crippen molar-refractivity contribution >= 4 is 62.0 Å². The van der Waals surface area contributed by atoms with Crippen LogP contribution in [0.4, 0.5) is 5.69 Å². The van der Waals surface area contributed by atoms with Crippen LogP contribution in [0, 0.1) is 0 Å². The number of nitrogens with zero attached hydrogens (tertiary/aromatic N) is 3. The van der Waals surface area contributed by atoms with Crippen LogP contribution < -0.4 is 16.2 Å². The van der Waals surface area contributed by atoms with Gasteiger partial charge < -0.3 is 9.88 Å². The summed E-state index contributed by atoms with van der Waals surface area (Å²) in [5.74, 6) is -0.255. The van der Waals surface area contributed by atoms with E-state index >= 15 is 0 Å². The maximum atomic E-state index is 12.7. The number of rotatable bonds is 3. The molecule has 5 aromatic rings. The zero-order valence-electron chi connectivity index (χ0n) is 16.4. The number of hydrazine groups is 1. The van der Waals surface area contributed by atoms with Crippen LogP contribution in [-0.4, -0.2) is 25.6 Å². The zero-order valence-corrected chi connectivity index (χ0v) is 17.2. The number of fused-ring (bicyclic) bond motifs is 4. The van der Waals surface area contributed by atoms with E-state index in [-0.39, 0.29) is 12.5 Å². The summed E-state index contributed by atoms with van der Waals surface area (Å²) < 4.78 is 1.87. The Hall–Kier alpha value is -4.04. The summed E-state index contributed by atoms with van der Waals surface area (Å²) in [6.45, 7) is 0.0674. The molecule has 0 fully saturated rings. The normalized spacial score (nSPS) is 11.0. The number of para-hydroxylation sites is 4. The maximum absolute atomic E-state index is 12.7. The lowest BCUT2D eigenvalue weighted by Gasteiger charge is -2.12. The van der Waals surface area contributed by atoms with Crippen LogP contribution in [0.1, 0.15) is 0 Å². The van der Waals surface area contributed by atoms with Gasteiger partial charge in [-0.05, 0) is 42.5 Å². The van der Waals surface area contributed by atoms with E-state index in [1.807, 2.05) is 83.4 Å². The standard InChI is InChI=1S/C23H18N6OS/c30-20(27-28-23(31)24-15-8-2-1-3-9-15)14-29-19-13-7-4-10-16(19)21-22(29)26-18-12-6-5-11-17(18)25-21/h1-13H,14H2,(H,27,30)(H2,24,28,31). The average Bonchev–Trinajstić information content (AvgIpc) is 3.10. The van der Waals surface area contributed by atoms with E-state index in [0.717, 1.165) is 33.1 Å². The van der Waals surface area contributed by atoms with Crippen molar-refractivity contribution in [3.05, 3.63) is 78.9 Å². The number of nitrogens with one attached hydrogen (secondary N) is 3. The maximum Gasteiger partial charge on any atom is 0.258 e. The minimum atomic E-state index is -0.255. The highest BCUT2D eigenvalue weighted by atomic mass is 32.1. The van der Waals surface area contributed by atoms with E-state index in [9.17, 15) is 4.79 Å². The Balaban J connectivity index is 1.40. The van der Waals surface area contributed by atoms with Crippen LogP contribution >= 0.6 is 12.2 Å². The number of thiocarbonyl (C=S) groups is 1. The van der Waals surface area contributed by atoms with E-state index in [4.69, 9.17) is 22.2 Å². The fraction of sp³-hybridized carbons (Fsp3) is 0.0435. The van der Waals surface area contributed by atoms with Gasteiger partial charge in [-0.3, -0.25) is 15.6 Å². The smallest absolute Gasteiger partial charge is 0.258 e. The van der Waals surface area contributed by atoms with E-state index in [1.165, 1.54) is 0 Å². The minimum Gasteiger partial charge on any atom is -0.331 e. The summed E-state index contributed by atoms with van der Waals surface area (Å²) in [5.41, 5.74) is 10.2. The van der Waals surface area contributed by atoms with Gasteiger partial charge in [-0.2, -0.15) is 0 Å². The van der Waals surface area contributed by atoms with Gasteiger partial charge in [0.2, 0.25) is 0 Å². The Morgan fingerprint density at radius 2 is 1.52 bits per heavy atom. The van der Waals surface area contributed by atoms with Gasteiger partial charge in [-0.25, -0.2) is 9.97 Å². The second-order valence-corrected chi connectivity index (χ2v) is 7.39. The average molecular weight is 427 g/mol. The molecule has 152 valence electrons. The molecule has 0 saturated carbocycles. The highest BCUT2D eigenvalue weighted by Crippen LogP contribution is 2.27. The molecule has 0 bridgehead atoms. The molecule has 1 amide bonds. The fourth-order valence-corrected chi connectivity index (χ4v) is 3.71. The molecule has 0 atom stereocenters. The molecule has 31 heavy (non-hydrogen) atoms. The van der Waals surface area contributed by atoms with Gasteiger partial charge in [0.25, 0.3) is 5.91 Å². The molecular formula is C23H18N6OS. The fourth-order valence-electron chi connectivity index (χ4n) is 3.54. The van der Waals surface area contributed by atoms with Crippen LogP contribution in [0.5, 0.6) is 0 Å². The molecule has 0 radical (unpaired) electrons. The zero-order chi connectivity index (χ0) is 21.2. The molecule has 0 saturated heterocycles. The first kappa shape index (κ1) is 19.0. The number of aromatic nitrogens is 3. The predicted octanol–water partition coefficient (Wildman–Crippen LogP) is 3.76. The lowest BCUT2D eigenvalue weighted by atomic mass is 10.2. The summed E-state index contributed by atoms with van der Waals surface area (Å²) in [5, 5.41) is 4.27. The van der Waals surface area contributed by atoms with Crippen molar-refractivity contribution in [2.24, 2.45) is 0 Å². The quantitative estimate of drug-likeness (QED) is 0.301. The number of carbonyl (C=O) groups excluding carboxylic acids is 1. The van der Waals surface area contributed by atoms with Gasteiger partial charge in [0.1, 0.15) is 12.1 Å². The predicted molar refractivity (Wildman–Crippen MR) is 126 cm³/mol. The molecular weight excluding hydrogens is 408 g/mol. The second kappa shape index (κ2) is 8.00. The van der Waals surface area contributed by atoms with E-state index in [2.05, 4.69) is 16.2 Å². The molecule has 0 aliphatic carbocycles. The van der Waals surface area contributed by atoms with Crippen LogP contribution in [0.2, 0.25) is 0 Å². The molecule has 2 heterocycles. The number of anilines is 1. The van der Waals surface area contributed by atoms with Crippen molar-refractivity contribution in [2.75, 3.05) is 5.32 Å². The Kier molecular flexibility index (Phi) is 4.89. The molecule has 8 heteroatoms. The molecule has 3 N–H and O–H groups in total. The summed E-state index contributed by atoms with van der Waals surface area (Å²) in [6.07, 6.45) is 0. The highest BCUT2D eigenvalue weighted by Gasteiger charge is 2.16. The monoisotopic (exact) mass is 426 g/mol. The van der Waals surface area contributed by atoms with E-state index in [1.54, 1.807) is 0 Å². The molecule has 0 aliphatic rings. The Morgan fingerprint density at radius 1 is 0.839 bits per heavy atom. The van der Waals surface area contributed by atoms with Crippen molar-refractivity contribution in [3.8, 4) is 0 Å². The Morgan fingerprint density at radius 3 is 2.32 bits per heavy atom. The molecule has 0 aliphatic heterocycles. The first-order valence-electron chi connectivity index (χ1n) is 9.74. The highest BCUT2D eigenvalue weighted by molar-refractivity contribution is 7.80. The number of amides is 1. The Labute approximate surface area is 183 Å². The van der Waals surface area contributed by atoms with Gasteiger partial charge in [0.05, 0.1) is 16.6 Å². The van der Waals surface area contributed by atoms with E-state index in [0.29, 0.717) is 10.8 Å². The van der Waals surface area contributed by atoms with Crippen molar-refractivity contribution in [2.45, 2.75) is 6.54 Å². The van der Waals surface area contributed by atoms with Gasteiger partial charge in [0, 0.05) is 11.1 Å².